The minimum atomic E-state index is -0.493. The van der Waals surface area contributed by atoms with Crippen molar-refractivity contribution in [3.63, 3.8) is 0 Å². The molecule has 2 aromatic rings. The minimum Gasteiger partial charge on any atom is -0.444 e. The number of likely N-dealkylation sites (tertiary alicyclic amines) is 1. The maximum atomic E-state index is 12.2. The molecule has 0 saturated carbocycles. The van der Waals surface area contributed by atoms with Crippen LogP contribution in [0.2, 0.25) is 0 Å². The van der Waals surface area contributed by atoms with Crippen LogP contribution in [0, 0.1) is 0 Å². The second-order valence-electron chi connectivity index (χ2n) is 6.91. The molecule has 1 aliphatic rings. The lowest BCUT2D eigenvalue weighted by Crippen LogP contribution is -2.35. The Balaban J connectivity index is 1.83. The van der Waals surface area contributed by atoms with Gasteiger partial charge < -0.3 is 19.3 Å². The monoisotopic (exact) mass is 317 g/mol. The predicted octanol–water partition coefficient (Wildman–Crippen LogP) is 2.71. The fourth-order valence-electron chi connectivity index (χ4n) is 3.06. The Morgan fingerprint density at radius 2 is 2.13 bits per heavy atom. The number of aliphatic hydroxyl groups is 1. The normalized spacial score (nSPS) is 18.6. The number of carbonyl (C=O) groups excluding carboxylic acids is 1. The Morgan fingerprint density at radius 1 is 1.39 bits per heavy atom. The fraction of sp³-hybridized carbons (Fsp3) is 0.529. The smallest absolute Gasteiger partial charge is 0.410 e. The van der Waals surface area contributed by atoms with E-state index in [1.54, 1.807) is 4.90 Å². The number of amides is 1. The van der Waals surface area contributed by atoms with Gasteiger partial charge in [-0.2, -0.15) is 0 Å². The van der Waals surface area contributed by atoms with Crippen molar-refractivity contribution in [3.05, 3.63) is 30.1 Å². The van der Waals surface area contributed by atoms with Crippen LogP contribution in [0.5, 0.6) is 0 Å². The standard InChI is InChI=1S/C17H23N3O3/c1-17(2,3)23-16(22)19-9-8-12(10-19)20-14-7-5-4-6-13(14)18-15(20)11-21/h4-7,12,21H,8-11H2,1-3H3/t12-/m1/s1. The second-order valence-corrected chi connectivity index (χ2v) is 6.91. The first-order valence-corrected chi connectivity index (χ1v) is 7.93. The van der Waals surface area contributed by atoms with E-state index in [4.69, 9.17) is 4.74 Å². The van der Waals surface area contributed by atoms with Gasteiger partial charge in [-0.15, -0.1) is 0 Å². The van der Waals surface area contributed by atoms with Crippen molar-refractivity contribution >= 4 is 17.1 Å². The lowest BCUT2D eigenvalue weighted by molar-refractivity contribution is 0.0289. The van der Waals surface area contributed by atoms with Crippen molar-refractivity contribution in [3.8, 4) is 0 Å². The summed E-state index contributed by atoms with van der Waals surface area (Å²) in [5, 5.41) is 9.62. The summed E-state index contributed by atoms with van der Waals surface area (Å²) in [6, 6.07) is 7.94. The molecule has 0 radical (unpaired) electrons. The Morgan fingerprint density at radius 3 is 2.83 bits per heavy atom. The summed E-state index contributed by atoms with van der Waals surface area (Å²) >= 11 is 0. The molecule has 0 aliphatic carbocycles. The highest BCUT2D eigenvalue weighted by atomic mass is 16.6. The van der Waals surface area contributed by atoms with E-state index in [9.17, 15) is 9.90 Å². The van der Waals surface area contributed by atoms with Crippen LogP contribution in [0.1, 0.15) is 39.1 Å². The first-order chi connectivity index (χ1) is 10.9. The third-order valence-electron chi connectivity index (χ3n) is 3.99. The number of benzene rings is 1. The van der Waals surface area contributed by atoms with E-state index in [0.29, 0.717) is 18.9 Å². The molecule has 23 heavy (non-hydrogen) atoms. The summed E-state index contributed by atoms with van der Waals surface area (Å²) in [7, 11) is 0. The van der Waals surface area contributed by atoms with Gasteiger partial charge in [-0.1, -0.05) is 12.1 Å². The maximum absolute atomic E-state index is 12.2. The van der Waals surface area contributed by atoms with E-state index in [2.05, 4.69) is 9.55 Å². The van der Waals surface area contributed by atoms with Gasteiger partial charge >= 0.3 is 6.09 Å². The lowest BCUT2D eigenvalue weighted by atomic mass is 10.2. The van der Waals surface area contributed by atoms with Crippen LogP contribution in [0.4, 0.5) is 4.79 Å². The molecule has 1 fully saturated rings. The van der Waals surface area contributed by atoms with E-state index < -0.39 is 5.60 Å². The van der Waals surface area contributed by atoms with Gasteiger partial charge in [0.15, 0.2) is 0 Å². The predicted molar refractivity (Wildman–Crippen MR) is 87.1 cm³/mol. The molecule has 6 heteroatoms. The molecule has 1 saturated heterocycles. The average Bonchev–Trinajstić information content (AvgIpc) is 3.09. The Hall–Kier alpha value is -2.08. The maximum Gasteiger partial charge on any atom is 0.410 e. The van der Waals surface area contributed by atoms with Crippen molar-refractivity contribution in [2.45, 2.75) is 45.4 Å². The average molecular weight is 317 g/mol. The first kappa shape index (κ1) is 15.8. The number of rotatable bonds is 2. The molecule has 0 unspecified atom stereocenters. The van der Waals surface area contributed by atoms with Crippen LogP contribution in [-0.4, -0.2) is 44.3 Å². The quantitative estimate of drug-likeness (QED) is 0.925. The summed E-state index contributed by atoms with van der Waals surface area (Å²) in [5.74, 6) is 0.641. The van der Waals surface area contributed by atoms with E-state index in [1.165, 1.54) is 0 Å². The van der Waals surface area contributed by atoms with Crippen molar-refractivity contribution < 1.29 is 14.6 Å². The van der Waals surface area contributed by atoms with Crippen molar-refractivity contribution in [1.82, 2.24) is 14.5 Å². The Labute approximate surface area is 135 Å². The van der Waals surface area contributed by atoms with Gasteiger partial charge in [0.2, 0.25) is 0 Å². The molecule has 1 aromatic heterocycles. The molecule has 6 nitrogen and oxygen atoms in total. The number of ether oxygens (including phenoxy) is 1. The van der Waals surface area contributed by atoms with Gasteiger partial charge in [0.25, 0.3) is 0 Å². The molecule has 3 rings (SSSR count). The van der Waals surface area contributed by atoms with Crippen LogP contribution in [0.3, 0.4) is 0 Å². The third-order valence-corrected chi connectivity index (χ3v) is 3.99. The van der Waals surface area contributed by atoms with E-state index >= 15 is 0 Å². The van der Waals surface area contributed by atoms with Crippen molar-refractivity contribution in [2.24, 2.45) is 0 Å². The zero-order valence-corrected chi connectivity index (χ0v) is 13.8. The summed E-state index contributed by atoms with van der Waals surface area (Å²) < 4.78 is 7.50. The molecule has 1 N–H and O–H groups in total. The van der Waals surface area contributed by atoms with Gasteiger partial charge in [-0.25, -0.2) is 9.78 Å². The summed E-state index contributed by atoms with van der Waals surface area (Å²) in [5.41, 5.74) is 1.37. The number of aliphatic hydroxyl groups excluding tert-OH is 1. The van der Waals surface area contributed by atoms with Gasteiger partial charge in [-0.3, -0.25) is 0 Å². The first-order valence-electron chi connectivity index (χ1n) is 7.93. The molecule has 1 atom stereocenters. The van der Waals surface area contributed by atoms with Gasteiger partial charge in [-0.05, 0) is 39.3 Å². The summed E-state index contributed by atoms with van der Waals surface area (Å²) in [6.07, 6.45) is 0.544. The number of hydrogen-bond donors (Lipinski definition) is 1. The van der Waals surface area contributed by atoms with Crippen LogP contribution in [0.25, 0.3) is 11.0 Å². The van der Waals surface area contributed by atoms with Crippen LogP contribution in [-0.2, 0) is 11.3 Å². The third kappa shape index (κ3) is 3.17. The fourth-order valence-corrected chi connectivity index (χ4v) is 3.06. The minimum absolute atomic E-state index is 0.108. The molecule has 2 heterocycles. The molecule has 1 aliphatic heterocycles. The number of hydrogen-bond acceptors (Lipinski definition) is 4. The SMILES string of the molecule is CC(C)(C)OC(=O)N1CC[C@@H](n2c(CO)nc3ccccc32)C1. The lowest BCUT2D eigenvalue weighted by Gasteiger charge is -2.24. The zero-order valence-electron chi connectivity index (χ0n) is 13.8. The van der Waals surface area contributed by atoms with Crippen molar-refractivity contribution in [1.29, 1.82) is 0 Å². The largest absolute Gasteiger partial charge is 0.444 e. The summed E-state index contributed by atoms with van der Waals surface area (Å²) in [6.45, 7) is 6.71. The highest BCUT2D eigenvalue weighted by Crippen LogP contribution is 2.29. The molecule has 1 aromatic carbocycles. The van der Waals surface area contributed by atoms with Crippen LogP contribution in [0.15, 0.2) is 24.3 Å². The molecule has 124 valence electrons. The number of aromatic nitrogens is 2. The molecule has 1 amide bonds. The topological polar surface area (TPSA) is 67.6 Å². The van der Waals surface area contributed by atoms with Crippen LogP contribution >= 0.6 is 0 Å². The van der Waals surface area contributed by atoms with Gasteiger partial charge in [0, 0.05) is 13.1 Å². The zero-order chi connectivity index (χ0) is 16.6. The van der Waals surface area contributed by atoms with Gasteiger partial charge in [0.1, 0.15) is 18.0 Å². The van der Waals surface area contributed by atoms with E-state index in [-0.39, 0.29) is 18.7 Å². The molecule has 0 spiro atoms. The highest BCUT2D eigenvalue weighted by Gasteiger charge is 2.32. The number of fused-ring (bicyclic) bond motifs is 1. The Kier molecular flexibility index (Phi) is 4.02. The summed E-state index contributed by atoms with van der Waals surface area (Å²) in [4.78, 5) is 18.4. The molecular weight excluding hydrogens is 294 g/mol. The van der Waals surface area contributed by atoms with E-state index in [0.717, 1.165) is 17.5 Å². The second kappa shape index (κ2) is 5.85. The highest BCUT2D eigenvalue weighted by molar-refractivity contribution is 5.76. The van der Waals surface area contributed by atoms with Crippen LogP contribution < -0.4 is 0 Å². The molecular formula is C17H23N3O3. The van der Waals surface area contributed by atoms with E-state index in [1.807, 2.05) is 45.0 Å². The molecule has 0 bridgehead atoms. The Bertz CT molecular complexity index is 717. The number of nitrogens with zero attached hydrogens (tertiary/aromatic N) is 3. The number of imidazole rings is 1. The number of carbonyl (C=O) groups is 1. The van der Waals surface area contributed by atoms with Crippen molar-refractivity contribution in [2.75, 3.05) is 13.1 Å². The number of para-hydroxylation sites is 2. The van der Waals surface area contributed by atoms with Gasteiger partial charge in [0.05, 0.1) is 17.1 Å².